The lowest BCUT2D eigenvalue weighted by atomic mass is 9.84. The van der Waals surface area contributed by atoms with Crippen LogP contribution in [0.1, 0.15) is 44.3 Å². The molecule has 1 aliphatic heterocycles. The third-order valence-corrected chi connectivity index (χ3v) is 5.34. The fraction of sp³-hybridized carbons (Fsp3) is 0.737. The molecule has 1 saturated heterocycles. The molecule has 1 unspecified atom stereocenters. The molecule has 0 radical (unpaired) electrons. The van der Waals surface area contributed by atoms with Crippen molar-refractivity contribution in [3.8, 4) is 0 Å². The van der Waals surface area contributed by atoms with Gasteiger partial charge in [0.1, 0.15) is 5.76 Å². The summed E-state index contributed by atoms with van der Waals surface area (Å²) in [5.41, 5.74) is -0.0138. The number of nitrogens with one attached hydrogen (secondary N) is 2. The normalized spacial score (nSPS) is 23.8. The monoisotopic (exact) mass is 477 g/mol. The van der Waals surface area contributed by atoms with Crippen LogP contribution in [0.2, 0.25) is 0 Å². The van der Waals surface area contributed by atoms with E-state index in [0.717, 1.165) is 44.1 Å². The van der Waals surface area contributed by atoms with E-state index in [4.69, 9.17) is 14.1 Å². The van der Waals surface area contributed by atoms with E-state index < -0.39 is 0 Å². The number of hydrogen-bond donors (Lipinski definition) is 3. The van der Waals surface area contributed by atoms with Gasteiger partial charge in [0.05, 0.1) is 19.4 Å². The molecule has 7 heteroatoms. The predicted octanol–water partition coefficient (Wildman–Crippen LogP) is 2.71. The van der Waals surface area contributed by atoms with Crippen molar-refractivity contribution in [3.63, 3.8) is 0 Å². The van der Waals surface area contributed by atoms with Crippen LogP contribution in [0.5, 0.6) is 0 Å². The molecule has 1 aromatic rings. The van der Waals surface area contributed by atoms with Crippen molar-refractivity contribution < 1.29 is 14.3 Å². The number of furan rings is 1. The highest BCUT2D eigenvalue weighted by molar-refractivity contribution is 14.0. The molecule has 2 fully saturated rings. The molecule has 1 aromatic heterocycles. The van der Waals surface area contributed by atoms with E-state index in [2.05, 4.69) is 10.6 Å². The van der Waals surface area contributed by atoms with Gasteiger partial charge in [-0.15, -0.1) is 24.0 Å². The summed E-state index contributed by atoms with van der Waals surface area (Å²) in [6.45, 7) is 3.13. The number of nitrogens with zero attached hydrogens (tertiary/aromatic N) is 1. The number of aliphatic hydroxyl groups excluding tert-OH is 1. The second kappa shape index (κ2) is 11.1. The van der Waals surface area contributed by atoms with Crippen molar-refractivity contribution in [1.29, 1.82) is 0 Å². The van der Waals surface area contributed by atoms with Crippen LogP contribution in [0.15, 0.2) is 27.8 Å². The molecule has 3 rings (SSSR count). The summed E-state index contributed by atoms with van der Waals surface area (Å²) in [6.07, 6.45) is 9.27. The van der Waals surface area contributed by atoms with Crippen molar-refractivity contribution in [2.45, 2.75) is 51.0 Å². The van der Waals surface area contributed by atoms with Crippen molar-refractivity contribution in [1.82, 2.24) is 10.6 Å². The first-order valence-corrected chi connectivity index (χ1v) is 9.56. The van der Waals surface area contributed by atoms with Gasteiger partial charge in [-0.1, -0.05) is 12.8 Å². The van der Waals surface area contributed by atoms with Crippen molar-refractivity contribution in [3.05, 3.63) is 24.2 Å². The maximum Gasteiger partial charge on any atom is 0.191 e. The smallest absolute Gasteiger partial charge is 0.191 e. The average Bonchev–Trinajstić information content (AvgIpc) is 3.36. The Balaban J connectivity index is 0.00000243. The minimum atomic E-state index is -0.0138. The van der Waals surface area contributed by atoms with Gasteiger partial charge in [-0.3, -0.25) is 4.99 Å². The Kier molecular flexibility index (Phi) is 9.21. The molecule has 0 aromatic carbocycles. The Labute approximate surface area is 173 Å². The standard InChI is InChI=1S/C19H31N3O3.HI/c23-11-8-19(9-13-24-15-19)14-21-18(22-16-4-1-2-5-16)20-10-7-17-6-3-12-25-17;/h3,6,12,16,23H,1-2,4-5,7-11,13-15H2,(H2,20,21,22);1H. The molecular weight excluding hydrogens is 445 g/mol. The lowest BCUT2D eigenvalue weighted by Crippen LogP contribution is -2.44. The van der Waals surface area contributed by atoms with Gasteiger partial charge in [0, 0.05) is 37.6 Å². The van der Waals surface area contributed by atoms with E-state index in [1.807, 2.05) is 12.1 Å². The van der Waals surface area contributed by atoms with Crippen LogP contribution in [0, 0.1) is 5.41 Å². The maximum atomic E-state index is 9.39. The summed E-state index contributed by atoms with van der Waals surface area (Å²) in [4.78, 5) is 4.85. The van der Waals surface area contributed by atoms with Gasteiger partial charge in [-0.05, 0) is 37.8 Å². The van der Waals surface area contributed by atoms with Gasteiger partial charge >= 0.3 is 0 Å². The Hall–Kier alpha value is -0.800. The predicted molar refractivity (Wildman–Crippen MR) is 113 cm³/mol. The van der Waals surface area contributed by atoms with E-state index in [9.17, 15) is 5.11 Å². The molecule has 1 saturated carbocycles. The van der Waals surface area contributed by atoms with E-state index in [1.165, 1.54) is 25.7 Å². The van der Waals surface area contributed by atoms with Crippen LogP contribution in [0.3, 0.4) is 0 Å². The van der Waals surface area contributed by atoms with Gasteiger partial charge in [-0.25, -0.2) is 0 Å². The number of guanidine groups is 1. The maximum absolute atomic E-state index is 9.39. The molecular formula is C19H32IN3O3. The number of hydrogen-bond acceptors (Lipinski definition) is 4. The molecule has 0 amide bonds. The number of aliphatic hydroxyl groups is 1. The van der Waals surface area contributed by atoms with Crippen LogP contribution < -0.4 is 10.6 Å². The quantitative estimate of drug-likeness (QED) is 0.305. The van der Waals surface area contributed by atoms with Gasteiger partial charge in [0.15, 0.2) is 5.96 Å². The third-order valence-electron chi connectivity index (χ3n) is 5.34. The van der Waals surface area contributed by atoms with E-state index in [-0.39, 0.29) is 36.0 Å². The highest BCUT2D eigenvalue weighted by Crippen LogP contribution is 2.32. The Bertz CT molecular complexity index is 524. The van der Waals surface area contributed by atoms with Crippen LogP contribution in [0.4, 0.5) is 0 Å². The van der Waals surface area contributed by atoms with Crippen LogP contribution >= 0.6 is 24.0 Å². The minimum Gasteiger partial charge on any atom is -0.469 e. The van der Waals surface area contributed by atoms with Gasteiger partial charge in [-0.2, -0.15) is 0 Å². The molecule has 3 N–H and O–H groups in total. The molecule has 6 nitrogen and oxygen atoms in total. The molecule has 1 atom stereocenters. The summed E-state index contributed by atoms with van der Waals surface area (Å²) >= 11 is 0. The van der Waals surface area contributed by atoms with Crippen molar-refractivity contribution >= 4 is 29.9 Å². The van der Waals surface area contributed by atoms with Crippen molar-refractivity contribution in [2.24, 2.45) is 10.4 Å². The zero-order valence-electron chi connectivity index (χ0n) is 15.4. The summed E-state index contributed by atoms with van der Waals surface area (Å²) < 4.78 is 11.0. The topological polar surface area (TPSA) is 79.0 Å². The van der Waals surface area contributed by atoms with Crippen molar-refractivity contribution in [2.75, 3.05) is 32.9 Å². The second-order valence-electron chi connectivity index (χ2n) is 7.32. The zero-order chi connectivity index (χ0) is 17.4. The molecule has 26 heavy (non-hydrogen) atoms. The molecule has 2 aliphatic rings. The van der Waals surface area contributed by atoms with Gasteiger partial charge in [0.25, 0.3) is 0 Å². The van der Waals surface area contributed by atoms with Gasteiger partial charge in [0.2, 0.25) is 0 Å². The molecule has 148 valence electrons. The lowest BCUT2D eigenvalue weighted by Gasteiger charge is -2.25. The highest BCUT2D eigenvalue weighted by atomic mass is 127. The first-order valence-electron chi connectivity index (χ1n) is 9.56. The molecule has 1 aliphatic carbocycles. The minimum absolute atomic E-state index is 0. The van der Waals surface area contributed by atoms with Gasteiger partial charge < -0.3 is 24.9 Å². The fourth-order valence-corrected chi connectivity index (χ4v) is 3.71. The van der Waals surface area contributed by atoms with E-state index >= 15 is 0 Å². The Morgan fingerprint density at radius 2 is 2.19 bits per heavy atom. The Morgan fingerprint density at radius 1 is 1.35 bits per heavy atom. The largest absolute Gasteiger partial charge is 0.469 e. The number of aliphatic imine (C=N–C) groups is 1. The highest BCUT2D eigenvalue weighted by Gasteiger charge is 2.34. The van der Waals surface area contributed by atoms with E-state index in [0.29, 0.717) is 19.2 Å². The summed E-state index contributed by atoms with van der Waals surface area (Å²) in [7, 11) is 0. The number of halogens is 1. The third kappa shape index (κ3) is 6.42. The average molecular weight is 477 g/mol. The summed E-state index contributed by atoms with van der Waals surface area (Å²) in [5, 5.41) is 16.4. The number of ether oxygens (including phenoxy) is 1. The first-order chi connectivity index (χ1) is 12.3. The zero-order valence-corrected chi connectivity index (χ0v) is 17.7. The van der Waals surface area contributed by atoms with Crippen LogP contribution in [0.25, 0.3) is 0 Å². The molecule has 2 heterocycles. The summed E-state index contributed by atoms with van der Waals surface area (Å²) in [5.74, 6) is 1.86. The Morgan fingerprint density at radius 3 is 2.85 bits per heavy atom. The second-order valence-corrected chi connectivity index (χ2v) is 7.32. The fourth-order valence-electron chi connectivity index (χ4n) is 3.71. The SMILES string of the molecule is I.OCCC1(CN=C(NCCc2ccco2)NC2CCCC2)CCOC1. The number of rotatable bonds is 8. The van der Waals surface area contributed by atoms with Crippen LogP contribution in [-0.4, -0.2) is 50.0 Å². The van der Waals surface area contributed by atoms with E-state index in [1.54, 1.807) is 6.26 Å². The lowest BCUT2D eigenvalue weighted by molar-refractivity contribution is 0.131. The first kappa shape index (κ1) is 21.5. The molecule has 0 bridgehead atoms. The summed E-state index contributed by atoms with van der Waals surface area (Å²) in [6, 6.07) is 4.43. The van der Waals surface area contributed by atoms with Crippen LogP contribution in [-0.2, 0) is 11.2 Å². The molecule has 0 spiro atoms.